The summed E-state index contributed by atoms with van der Waals surface area (Å²) in [6.07, 6.45) is 0.210. The van der Waals surface area contributed by atoms with E-state index in [4.69, 9.17) is 21.1 Å². The van der Waals surface area contributed by atoms with Crippen molar-refractivity contribution in [2.75, 3.05) is 32.1 Å². The number of nitrogens with one attached hydrogen (secondary N) is 1. The van der Waals surface area contributed by atoms with Gasteiger partial charge in [-0.05, 0) is 47.5 Å². The summed E-state index contributed by atoms with van der Waals surface area (Å²) in [6, 6.07) is 27.7. The Labute approximate surface area is 263 Å². The fourth-order valence-electron chi connectivity index (χ4n) is 4.74. The lowest BCUT2D eigenvalue weighted by Crippen LogP contribution is -2.53. The normalized spacial score (nSPS) is 11.7. The Bertz CT molecular complexity index is 1670. The van der Waals surface area contributed by atoms with Crippen molar-refractivity contribution in [3.63, 3.8) is 0 Å². The van der Waals surface area contributed by atoms with Crippen molar-refractivity contribution in [1.29, 1.82) is 0 Å². The van der Waals surface area contributed by atoms with Crippen LogP contribution in [0.15, 0.2) is 108 Å². The van der Waals surface area contributed by atoms with E-state index in [1.165, 1.54) is 44.4 Å². The van der Waals surface area contributed by atoms with Crippen molar-refractivity contribution in [1.82, 2.24) is 10.2 Å². The number of sulfonamides is 1. The lowest BCUT2D eigenvalue weighted by atomic mass is 10.0. The molecule has 9 nitrogen and oxygen atoms in total. The van der Waals surface area contributed by atoms with Crippen LogP contribution < -0.4 is 19.1 Å². The van der Waals surface area contributed by atoms with Gasteiger partial charge in [0.15, 0.2) is 11.5 Å². The molecule has 11 heteroatoms. The number of ether oxygens (including phenoxy) is 2. The van der Waals surface area contributed by atoms with E-state index in [0.29, 0.717) is 16.3 Å². The van der Waals surface area contributed by atoms with Crippen LogP contribution in [0.25, 0.3) is 0 Å². The molecule has 44 heavy (non-hydrogen) atoms. The number of likely N-dealkylation sites (N-methyl/N-ethyl adjacent to an activating group) is 1. The summed E-state index contributed by atoms with van der Waals surface area (Å²) in [5, 5.41) is 3.19. The van der Waals surface area contributed by atoms with Crippen LogP contribution in [0.5, 0.6) is 11.5 Å². The fraction of sp³-hybridized carbons (Fsp3) is 0.212. The van der Waals surface area contributed by atoms with Gasteiger partial charge < -0.3 is 19.7 Å². The number of carbonyl (C=O) groups is 2. The fourth-order valence-corrected chi connectivity index (χ4v) is 6.29. The molecule has 0 aliphatic rings. The van der Waals surface area contributed by atoms with Crippen molar-refractivity contribution < 1.29 is 27.5 Å². The Hall–Kier alpha value is -4.54. The number of hydrogen-bond donors (Lipinski definition) is 1. The van der Waals surface area contributed by atoms with Gasteiger partial charge in [0.1, 0.15) is 12.6 Å². The van der Waals surface area contributed by atoms with Crippen molar-refractivity contribution in [2.45, 2.75) is 23.9 Å². The molecule has 0 aromatic heterocycles. The molecule has 4 aromatic carbocycles. The SMILES string of the molecule is CNC(=O)[C@@H](Cc1ccccc1)N(Cc1ccc(Cl)cc1)C(=O)CN(c1ccc(OC)c(OC)c1)S(=O)(=O)c1ccccc1. The number of halogens is 1. The number of nitrogens with zero attached hydrogens (tertiary/aromatic N) is 2. The second-order valence-electron chi connectivity index (χ2n) is 9.83. The maximum Gasteiger partial charge on any atom is 0.264 e. The van der Waals surface area contributed by atoms with Gasteiger partial charge >= 0.3 is 0 Å². The summed E-state index contributed by atoms with van der Waals surface area (Å²) in [5.74, 6) is -0.291. The van der Waals surface area contributed by atoms with Gasteiger partial charge in [0.2, 0.25) is 11.8 Å². The van der Waals surface area contributed by atoms with Crippen LogP contribution >= 0.6 is 11.6 Å². The zero-order valence-corrected chi connectivity index (χ0v) is 26.2. The number of rotatable bonds is 13. The third kappa shape index (κ3) is 7.69. The van der Waals surface area contributed by atoms with Crippen LogP contribution in [-0.4, -0.2) is 59.0 Å². The van der Waals surface area contributed by atoms with Gasteiger partial charge in [0.25, 0.3) is 10.0 Å². The van der Waals surface area contributed by atoms with Crippen LogP contribution in [0, 0.1) is 0 Å². The molecule has 0 spiro atoms. The molecule has 4 aromatic rings. The highest BCUT2D eigenvalue weighted by molar-refractivity contribution is 7.92. The van der Waals surface area contributed by atoms with Gasteiger partial charge in [0, 0.05) is 31.1 Å². The summed E-state index contributed by atoms with van der Waals surface area (Å²) < 4.78 is 40.0. The Balaban J connectivity index is 1.81. The Morgan fingerprint density at radius 3 is 2.02 bits per heavy atom. The number of carbonyl (C=O) groups excluding carboxylic acids is 2. The van der Waals surface area contributed by atoms with E-state index in [1.807, 2.05) is 30.3 Å². The minimum atomic E-state index is -4.24. The smallest absolute Gasteiger partial charge is 0.264 e. The summed E-state index contributed by atoms with van der Waals surface area (Å²) in [5.41, 5.74) is 1.74. The van der Waals surface area contributed by atoms with Crippen LogP contribution in [0.3, 0.4) is 0 Å². The molecular weight excluding hydrogens is 602 g/mol. The van der Waals surface area contributed by atoms with Gasteiger partial charge in [-0.25, -0.2) is 8.42 Å². The number of anilines is 1. The minimum absolute atomic E-state index is 0.000951. The summed E-state index contributed by atoms with van der Waals surface area (Å²) in [6.45, 7) is -0.561. The van der Waals surface area contributed by atoms with Crippen LogP contribution in [0.4, 0.5) is 5.69 Å². The van der Waals surface area contributed by atoms with Gasteiger partial charge in [-0.2, -0.15) is 0 Å². The molecular formula is C33H34ClN3O6S. The van der Waals surface area contributed by atoms with E-state index < -0.39 is 28.5 Å². The van der Waals surface area contributed by atoms with Crippen molar-refractivity contribution in [3.05, 3.63) is 119 Å². The second kappa shape index (κ2) is 14.8. The van der Waals surface area contributed by atoms with Crippen molar-refractivity contribution in [3.8, 4) is 11.5 Å². The lowest BCUT2D eigenvalue weighted by molar-refractivity contribution is -0.139. The highest BCUT2D eigenvalue weighted by atomic mass is 35.5. The first kappa shape index (κ1) is 32.4. The zero-order chi connectivity index (χ0) is 31.7. The van der Waals surface area contributed by atoms with Crippen molar-refractivity contribution >= 4 is 39.1 Å². The van der Waals surface area contributed by atoms with Gasteiger partial charge in [0.05, 0.1) is 24.8 Å². The molecule has 2 amide bonds. The maximum absolute atomic E-state index is 14.4. The Kier molecular flexibility index (Phi) is 10.9. The quantitative estimate of drug-likeness (QED) is 0.223. The third-order valence-electron chi connectivity index (χ3n) is 7.05. The highest BCUT2D eigenvalue weighted by Gasteiger charge is 2.34. The molecule has 1 N–H and O–H groups in total. The first-order chi connectivity index (χ1) is 21.2. The summed E-state index contributed by atoms with van der Waals surface area (Å²) >= 11 is 6.11. The van der Waals surface area contributed by atoms with E-state index in [0.717, 1.165) is 9.87 Å². The van der Waals surface area contributed by atoms with E-state index in [2.05, 4.69) is 5.32 Å². The minimum Gasteiger partial charge on any atom is -0.493 e. The molecule has 0 aliphatic heterocycles. The molecule has 0 fully saturated rings. The molecule has 1 atom stereocenters. The standard InChI is InChI=1S/C33H34ClN3O6S/c1-35-33(39)29(20-24-10-6-4-7-11-24)36(22-25-14-16-26(34)17-15-25)32(38)23-37(44(40,41)28-12-8-5-9-13-28)27-18-19-30(42-2)31(21-27)43-3/h4-19,21,29H,20,22-23H2,1-3H3,(H,35,39)/t29-/m1/s1. The predicted octanol–water partition coefficient (Wildman–Crippen LogP) is 4.94. The second-order valence-corrected chi connectivity index (χ2v) is 12.1. The van der Waals surface area contributed by atoms with Crippen molar-refractivity contribution in [2.24, 2.45) is 0 Å². The van der Waals surface area contributed by atoms with Crippen LogP contribution in [-0.2, 0) is 32.6 Å². The average molecular weight is 636 g/mol. The molecule has 0 heterocycles. The Morgan fingerprint density at radius 2 is 1.43 bits per heavy atom. The first-order valence-corrected chi connectivity index (χ1v) is 15.6. The molecule has 0 aliphatic carbocycles. The summed E-state index contributed by atoms with van der Waals surface area (Å²) in [4.78, 5) is 29.1. The maximum atomic E-state index is 14.4. The van der Waals surface area contributed by atoms with Gasteiger partial charge in [-0.3, -0.25) is 13.9 Å². The largest absolute Gasteiger partial charge is 0.493 e. The first-order valence-electron chi connectivity index (χ1n) is 13.8. The lowest BCUT2D eigenvalue weighted by Gasteiger charge is -2.33. The molecule has 230 valence electrons. The van der Waals surface area contributed by atoms with E-state index in [-0.39, 0.29) is 35.2 Å². The highest BCUT2D eigenvalue weighted by Crippen LogP contribution is 2.34. The molecule has 0 saturated heterocycles. The number of amides is 2. The van der Waals surface area contributed by atoms with Gasteiger partial charge in [-0.1, -0.05) is 72.3 Å². The van der Waals surface area contributed by atoms with Crippen LogP contribution in [0.2, 0.25) is 5.02 Å². The van der Waals surface area contributed by atoms with E-state index >= 15 is 0 Å². The van der Waals surface area contributed by atoms with E-state index in [1.54, 1.807) is 54.6 Å². The van der Waals surface area contributed by atoms with E-state index in [9.17, 15) is 18.0 Å². The number of methoxy groups -OCH3 is 2. The van der Waals surface area contributed by atoms with Gasteiger partial charge in [-0.15, -0.1) is 0 Å². The average Bonchev–Trinajstić information content (AvgIpc) is 3.06. The molecule has 4 rings (SSSR count). The van der Waals surface area contributed by atoms with Crippen LogP contribution in [0.1, 0.15) is 11.1 Å². The summed E-state index contributed by atoms with van der Waals surface area (Å²) in [7, 11) is 0.167. The molecule has 0 radical (unpaired) electrons. The Morgan fingerprint density at radius 1 is 0.818 bits per heavy atom. The zero-order valence-electron chi connectivity index (χ0n) is 24.6. The monoisotopic (exact) mass is 635 g/mol. The molecule has 0 unspecified atom stereocenters. The predicted molar refractivity (Wildman–Crippen MR) is 171 cm³/mol. The molecule has 0 saturated carbocycles. The number of benzene rings is 4. The molecule has 0 bridgehead atoms. The number of hydrogen-bond acceptors (Lipinski definition) is 6. The third-order valence-corrected chi connectivity index (χ3v) is 9.09. The topological polar surface area (TPSA) is 105 Å².